The van der Waals surface area contributed by atoms with E-state index in [9.17, 15) is 0 Å². The fraction of sp³-hybridized carbons (Fsp3) is 0.364. The Balaban J connectivity index is 0.00000312. The first-order valence-electron chi connectivity index (χ1n) is 8.65. The molecule has 0 N–H and O–H groups in total. The Hall–Kier alpha value is -1.79. The van der Waals surface area contributed by atoms with Gasteiger partial charge < -0.3 is 9.64 Å². The Morgan fingerprint density at radius 2 is 1.36 bits per heavy atom. The summed E-state index contributed by atoms with van der Waals surface area (Å²) in [6.45, 7) is 7.48. The van der Waals surface area contributed by atoms with Crippen LogP contribution in [0.5, 0.6) is 0 Å². The lowest BCUT2D eigenvalue weighted by Crippen LogP contribution is -2.28. The Labute approximate surface area is 158 Å². The predicted octanol–water partition coefficient (Wildman–Crippen LogP) is 4.73. The predicted molar refractivity (Wildman–Crippen MR) is 108 cm³/mol. The van der Waals surface area contributed by atoms with E-state index in [-0.39, 0.29) is 12.4 Å². The van der Waals surface area contributed by atoms with Gasteiger partial charge in [0, 0.05) is 31.2 Å². The van der Waals surface area contributed by atoms with Gasteiger partial charge in [-0.3, -0.25) is 0 Å². The second-order valence-electron chi connectivity index (χ2n) is 5.70. The van der Waals surface area contributed by atoms with Crippen LogP contribution < -0.4 is 0 Å². The van der Waals surface area contributed by atoms with Crippen molar-refractivity contribution >= 4 is 12.4 Å². The summed E-state index contributed by atoms with van der Waals surface area (Å²) in [5.41, 5.74) is 1.41. The molecule has 134 valence electrons. The van der Waals surface area contributed by atoms with Crippen molar-refractivity contribution in [1.29, 1.82) is 0 Å². The molecule has 0 aliphatic heterocycles. The second-order valence-corrected chi connectivity index (χ2v) is 5.70. The maximum absolute atomic E-state index is 5.98. The topological polar surface area (TPSA) is 12.5 Å². The van der Waals surface area contributed by atoms with Gasteiger partial charge in [-0.05, 0) is 13.1 Å². The third-order valence-electron chi connectivity index (χ3n) is 4.38. The van der Waals surface area contributed by atoms with Gasteiger partial charge in [-0.1, -0.05) is 86.4 Å². The molecule has 3 heteroatoms. The Morgan fingerprint density at radius 3 is 1.76 bits per heavy atom. The molecule has 0 aromatic heterocycles. The molecule has 2 nitrogen and oxygen atoms in total. The van der Waals surface area contributed by atoms with Gasteiger partial charge >= 0.3 is 0 Å². The zero-order chi connectivity index (χ0) is 17.3. The summed E-state index contributed by atoms with van der Waals surface area (Å²) >= 11 is 0. The highest BCUT2D eigenvalue weighted by atomic mass is 35.5. The Morgan fingerprint density at radius 1 is 0.880 bits per heavy atom. The van der Waals surface area contributed by atoms with E-state index in [0.29, 0.717) is 0 Å². The number of methoxy groups -OCH3 is 1. The molecular weight excluding hydrogens is 330 g/mol. The summed E-state index contributed by atoms with van der Waals surface area (Å²) < 4.78 is 5.98. The van der Waals surface area contributed by atoms with Crippen LogP contribution in [0.2, 0.25) is 0 Å². The van der Waals surface area contributed by atoms with Crippen molar-refractivity contribution < 1.29 is 4.74 Å². The molecule has 0 saturated carbocycles. The first-order valence-corrected chi connectivity index (χ1v) is 8.65. The standard InChI is InChI=1S/C22H27NO.ClH/c1-4-23(5-2)19-13-12-18-22(24-3,20-14-8-6-9-15-20)21-16-10-7-11-17-21;/h6-11,14-17H,4-5,13,19H2,1-3H3;1H. The Bertz CT molecular complexity index is 617. The second kappa shape index (κ2) is 10.9. The summed E-state index contributed by atoms with van der Waals surface area (Å²) in [4.78, 5) is 2.38. The van der Waals surface area contributed by atoms with Crippen LogP contribution in [-0.4, -0.2) is 31.6 Å². The molecule has 0 fully saturated rings. The molecule has 25 heavy (non-hydrogen) atoms. The van der Waals surface area contributed by atoms with Crippen LogP contribution in [0.15, 0.2) is 60.7 Å². The van der Waals surface area contributed by atoms with E-state index in [1.54, 1.807) is 7.11 Å². The third kappa shape index (κ3) is 5.34. The van der Waals surface area contributed by atoms with E-state index in [1.165, 1.54) is 0 Å². The number of hydrogen-bond acceptors (Lipinski definition) is 2. The lowest BCUT2D eigenvalue weighted by molar-refractivity contribution is 0.0741. The molecule has 2 rings (SSSR count). The number of hydrogen-bond donors (Lipinski definition) is 0. The minimum absolute atomic E-state index is 0. The molecule has 0 atom stereocenters. The first-order chi connectivity index (χ1) is 11.8. The van der Waals surface area contributed by atoms with Crippen molar-refractivity contribution in [2.24, 2.45) is 0 Å². The molecule has 0 bridgehead atoms. The van der Waals surface area contributed by atoms with Crippen molar-refractivity contribution in [2.45, 2.75) is 25.9 Å². The van der Waals surface area contributed by atoms with Crippen molar-refractivity contribution in [3.63, 3.8) is 0 Å². The van der Waals surface area contributed by atoms with Crippen molar-refractivity contribution in [2.75, 3.05) is 26.7 Å². The van der Waals surface area contributed by atoms with Gasteiger partial charge in [0.1, 0.15) is 0 Å². The summed E-state index contributed by atoms with van der Waals surface area (Å²) in [5.74, 6) is 6.78. The molecule has 0 heterocycles. The van der Waals surface area contributed by atoms with Crippen LogP contribution in [0.1, 0.15) is 31.4 Å². The number of benzene rings is 2. The molecule has 0 radical (unpaired) electrons. The lowest BCUT2D eigenvalue weighted by atomic mass is 9.86. The number of rotatable bonds is 7. The van der Waals surface area contributed by atoms with Crippen LogP contribution in [0, 0.1) is 11.8 Å². The number of halogens is 1. The van der Waals surface area contributed by atoms with Gasteiger partial charge in [-0.2, -0.15) is 0 Å². The van der Waals surface area contributed by atoms with E-state index >= 15 is 0 Å². The first kappa shape index (κ1) is 21.3. The van der Waals surface area contributed by atoms with Crippen LogP contribution in [0.4, 0.5) is 0 Å². The molecule has 2 aromatic carbocycles. The monoisotopic (exact) mass is 357 g/mol. The minimum Gasteiger partial charge on any atom is -0.357 e. The van der Waals surface area contributed by atoms with Crippen molar-refractivity contribution in [3.05, 3.63) is 71.8 Å². The normalized spacial score (nSPS) is 10.7. The third-order valence-corrected chi connectivity index (χ3v) is 4.38. The van der Waals surface area contributed by atoms with Gasteiger partial charge in [-0.25, -0.2) is 0 Å². The van der Waals surface area contributed by atoms with E-state index in [2.05, 4.69) is 54.9 Å². The molecule has 0 unspecified atom stereocenters. The minimum atomic E-state index is -0.716. The summed E-state index contributed by atoms with van der Waals surface area (Å²) in [6.07, 6.45) is 0.840. The smallest absolute Gasteiger partial charge is 0.179 e. The Kier molecular flexibility index (Phi) is 9.31. The summed E-state index contributed by atoms with van der Waals surface area (Å²) in [7, 11) is 1.74. The zero-order valence-electron chi connectivity index (χ0n) is 15.4. The van der Waals surface area contributed by atoms with E-state index in [1.807, 2.05) is 36.4 Å². The number of nitrogens with zero attached hydrogens (tertiary/aromatic N) is 1. The van der Waals surface area contributed by atoms with E-state index in [4.69, 9.17) is 4.74 Å². The molecular formula is C22H28ClNO. The van der Waals surface area contributed by atoms with Crippen LogP contribution in [-0.2, 0) is 10.3 Å². The lowest BCUT2D eigenvalue weighted by Gasteiger charge is -2.28. The SMILES string of the molecule is CCN(CC)CCC#CC(OC)(c1ccccc1)c1ccccc1.Cl. The largest absolute Gasteiger partial charge is 0.357 e. The fourth-order valence-corrected chi connectivity index (χ4v) is 2.88. The maximum Gasteiger partial charge on any atom is 0.179 e. The fourth-order valence-electron chi connectivity index (χ4n) is 2.88. The van der Waals surface area contributed by atoms with Crippen molar-refractivity contribution in [3.8, 4) is 11.8 Å². The molecule has 0 saturated heterocycles. The van der Waals surface area contributed by atoms with Crippen LogP contribution in [0.3, 0.4) is 0 Å². The van der Waals surface area contributed by atoms with Crippen molar-refractivity contribution in [1.82, 2.24) is 4.90 Å². The van der Waals surface area contributed by atoms with E-state index in [0.717, 1.165) is 37.2 Å². The quantitative estimate of drug-likeness (QED) is 0.664. The number of ether oxygens (including phenoxy) is 1. The highest BCUT2D eigenvalue weighted by Crippen LogP contribution is 2.32. The van der Waals surface area contributed by atoms with Crippen LogP contribution in [0.25, 0.3) is 0 Å². The average molecular weight is 358 g/mol. The summed E-state index contributed by atoms with van der Waals surface area (Å²) in [6, 6.07) is 20.5. The highest BCUT2D eigenvalue weighted by molar-refractivity contribution is 5.85. The average Bonchev–Trinajstić information content (AvgIpc) is 2.67. The zero-order valence-corrected chi connectivity index (χ0v) is 16.2. The molecule has 0 aliphatic carbocycles. The van der Waals surface area contributed by atoms with Gasteiger partial charge in [0.05, 0.1) is 0 Å². The van der Waals surface area contributed by atoms with Gasteiger partial charge in [0.25, 0.3) is 0 Å². The molecule has 0 amide bonds. The highest BCUT2D eigenvalue weighted by Gasteiger charge is 2.32. The van der Waals surface area contributed by atoms with Gasteiger partial charge in [-0.15, -0.1) is 12.4 Å². The van der Waals surface area contributed by atoms with Crippen LogP contribution >= 0.6 is 12.4 Å². The molecule has 0 aliphatic rings. The van der Waals surface area contributed by atoms with Gasteiger partial charge in [0.15, 0.2) is 5.60 Å². The maximum atomic E-state index is 5.98. The molecule has 0 spiro atoms. The van der Waals surface area contributed by atoms with Gasteiger partial charge in [0.2, 0.25) is 0 Å². The van der Waals surface area contributed by atoms with E-state index < -0.39 is 5.60 Å². The molecule has 2 aromatic rings. The summed E-state index contributed by atoms with van der Waals surface area (Å²) in [5, 5.41) is 0.